The third kappa shape index (κ3) is 10.1. The summed E-state index contributed by atoms with van der Waals surface area (Å²) in [7, 11) is 3.22. The predicted octanol–water partition coefficient (Wildman–Crippen LogP) is 9.40. The number of fused-ring (bicyclic) bond motifs is 2. The zero-order valence-electron chi connectivity index (χ0n) is 36.1. The summed E-state index contributed by atoms with van der Waals surface area (Å²) < 4.78 is 32.0. The van der Waals surface area contributed by atoms with Gasteiger partial charge < -0.3 is 43.6 Å². The largest absolute Gasteiger partial charge is 0.496 e. The first-order valence-electron chi connectivity index (χ1n) is 21.8. The summed E-state index contributed by atoms with van der Waals surface area (Å²) in [6.07, 6.45) is 8.83. The van der Waals surface area contributed by atoms with Crippen LogP contribution in [0.3, 0.4) is 0 Å². The van der Waals surface area contributed by atoms with Crippen LogP contribution in [0.5, 0.6) is 23.0 Å². The van der Waals surface area contributed by atoms with E-state index in [0.29, 0.717) is 47.1 Å². The number of ether oxygens (including phenoxy) is 5. The predicted molar refractivity (Wildman–Crippen MR) is 239 cm³/mol. The van der Waals surface area contributed by atoms with Crippen molar-refractivity contribution in [1.82, 2.24) is 4.90 Å². The van der Waals surface area contributed by atoms with E-state index >= 15 is 0 Å². The van der Waals surface area contributed by atoms with Gasteiger partial charge in [-0.2, -0.15) is 0 Å². The number of hydrogen-bond donors (Lipinski definition) is 2. The number of amides is 1. The maximum Gasteiger partial charge on any atom is 0.410 e. The van der Waals surface area contributed by atoms with Crippen molar-refractivity contribution in [3.8, 4) is 23.0 Å². The van der Waals surface area contributed by atoms with Crippen molar-refractivity contribution in [3.63, 3.8) is 0 Å². The first-order valence-corrected chi connectivity index (χ1v) is 21.8. The molecule has 6 atom stereocenters. The Labute approximate surface area is 369 Å². The second-order valence-electron chi connectivity index (χ2n) is 16.3. The third-order valence-electron chi connectivity index (χ3n) is 12.4. The van der Waals surface area contributed by atoms with Crippen LogP contribution in [0.1, 0.15) is 77.9 Å². The summed E-state index contributed by atoms with van der Waals surface area (Å²) in [4.78, 5) is 33.9. The number of carbonyl (C=O) groups is 2. The van der Waals surface area contributed by atoms with Gasteiger partial charge in [0, 0.05) is 38.2 Å². The fourth-order valence-corrected chi connectivity index (χ4v) is 9.50. The van der Waals surface area contributed by atoms with E-state index in [1.54, 1.807) is 36.2 Å². The minimum absolute atomic E-state index is 0.0110. The molecule has 4 aromatic rings. The Morgan fingerprint density at radius 3 is 2.27 bits per heavy atom. The third-order valence-corrected chi connectivity index (χ3v) is 12.4. The quantitative estimate of drug-likeness (QED) is 0.0360. The molecule has 2 aliphatic carbocycles. The average Bonchev–Trinajstić information content (AvgIpc) is 3.31. The summed E-state index contributed by atoms with van der Waals surface area (Å²) in [5, 5.41) is 24.8. The van der Waals surface area contributed by atoms with Crippen molar-refractivity contribution in [3.05, 3.63) is 144 Å². The SMILES string of the molecule is C=CCO[C@@]12Oc3ccc(Oc4ccc(OC)c(C=O)c4)cc3[C@H]3[C@H](CCCCO)[C@@H](CCCCO)C=C(C(=NOCc4ccccc4)C[C@@H]1N(C)C(=O)OCc1ccccc1)[C@H]32. The zero-order chi connectivity index (χ0) is 44.2. The molecule has 1 aliphatic heterocycles. The molecule has 0 unspecified atom stereocenters. The van der Waals surface area contributed by atoms with Crippen LogP contribution in [-0.2, 0) is 27.5 Å². The van der Waals surface area contributed by atoms with Gasteiger partial charge >= 0.3 is 6.09 Å². The van der Waals surface area contributed by atoms with Gasteiger partial charge in [-0.3, -0.25) is 4.79 Å². The van der Waals surface area contributed by atoms with Gasteiger partial charge in [-0.25, -0.2) is 4.79 Å². The van der Waals surface area contributed by atoms with E-state index in [9.17, 15) is 19.8 Å². The molecule has 1 heterocycles. The lowest BCUT2D eigenvalue weighted by molar-refractivity contribution is -0.253. The van der Waals surface area contributed by atoms with Crippen LogP contribution in [0.4, 0.5) is 4.79 Å². The van der Waals surface area contributed by atoms with Crippen LogP contribution in [0.2, 0.25) is 0 Å². The van der Waals surface area contributed by atoms with Crippen molar-refractivity contribution in [1.29, 1.82) is 0 Å². The summed E-state index contributed by atoms with van der Waals surface area (Å²) in [5.41, 5.74) is 4.65. The molecule has 332 valence electrons. The highest BCUT2D eigenvalue weighted by Crippen LogP contribution is 2.62. The number of aldehydes is 1. The normalized spacial score (nSPS) is 22.7. The number of benzene rings is 4. The molecule has 1 fully saturated rings. The van der Waals surface area contributed by atoms with E-state index in [1.807, 2.05) is 78.9 Å². The molecular formula is C51H58N2O10. The number of hydrogen-bond acceptors (Lipinski definition) is 11. The van der Waals surface area contributed by atoms with Gasteiger partial charge in [-0.1, -0.05) is 90.8 Å². The highest BCUT2D eigenvalue weighted by molar-refractivity contribution is 6.03. The number of allylic oxidation sites excluding steroid dienone is 1. The summed E-state index contributed by atoms with van der Waals surface area (Å²) in [6, 6.07) is 29.4. The molecule has 0 spiro atoms. The summed E-state index contributed by atoms with van der Waals surface area (Å²) in [5.74, 6) is -0.156. The van der Waals surface area contributed by atoms with Gasteiger partial charge in [0.1, 0.15) is 42.3 Å². The molecule has 7 rings (SSSR count). The fourth-order valence-electron chi connectivity index (χ4n) is 9.50. The van der Waals surface area contributed by atoms with Crippen molar-refractivity contribution in [2.75, 3.05) is 34.0 Å². The van der Waals surface area contributed by atoms with Gasteiger partial charge in [-0.05, 0) is 90.6 Å². The summed E-state index contributed by atoms with van der Waals surface area (Å²) in [6.45, 7) is 4.61. The topological polar surface area (TPSA) is 146 Å². The van der Waals surface area contributed by atoms with Gasteiger partial charge in [0.2, 0.25) is 5.79 Å². The van der Waals surface area contributed by atoms with Crippen LogP contribution in [0, 0.1) is 17.8 Å². The maximum absolute atomic E-state index is 14.2. The van der Waals surface area contributed by atoms with Gasteiger partial charge in [0.15, 0.2) is 6.29 Å². The van der Waals surface area contributed by atoms with Crippen LogP contribution in [-0.4, -0.2) is 79.0 Å². The number of nitrogens with zero attached hydrogens (tertiary/aromatic N) is 2. The molecule has 1 saturated carbocycles. The number of methoxy groups -OCH3 is 1. The Hall–Kier alpha value is -5.95. The number of aliphatic hydroxyl groups excluding tert-OH is 2. The van der Waals surface area contributed by atoms with Crippen molar-refractivity contribution in [2.24, 2.45) is 22.9 Å². The molecule has 63 heavy (non-hydrogen) atoms. The number of rotatable bonds is 21. The number of carbonyl (C=O) groups excluding carboxylic acids is 2. The Bertz CT molecular complexity index is 2230. The van der Waals surface area contributed by atoms with E-state index in [4.69, 9.17) is 33.7 Å². The molecular weight excluding hydrogens is 801 g/mol. The number of aliphatic hydroxyl groups is 2. The van der Waals surface area contributed by atoms with Gasteiger partial charge in [0.25, 0.3) is 0 Å². The molecule has 12 nitrogen and oxygen atoms in total. The second kappa shape index (κ2) is 21.4. The molecule has 0 saturated heterocycles. The maximum atomic E-state index is 14.2. The van der Waals surface area contributed by atoms with Crippen LogP contribution in [0.15, 0.2) is 127 Å². The van der Waals surface area contributed by atoms with E-state index in [1.165, 1.54) is 7.11 Å². The highest BCUT2D eigenvalue weighted by Gasteiger charge is 2.65. The Kier molecular flexibility index (Phi) is 15.3. The average molecular weight is 859 g/mol. The van der Waals surface area contributed by atoms with Crippen molar-refractivity contribution >= 4 is 18.1 Å². The van der Waals surface area contributed by atoms with Crippen LogP contribution in [0.25, 0.3) is 0 Å². The van der Waals surface area contributed by atoms with E-state index in [-0.39, 0.29) is 57.2 Å². The van der Waals surface area contributed by atoms with E-state index in [2.05, 4.69) is 12.7 Å². The Morgan fingerprint density at radius 1 is 0.905 bits per heavy atom. The molecule has 2 N–H and O–H groups in total. The number of oxime groups is 1. The Balaban J connectivity index is 1.38. The van der Waals surface area contributed by atoms with E-state index < -0.39 is 23.8 Å². The molecule has 1 amide bonds. The van der Waals surface area contributed by atoms with Gasteiger partial charge in [0.05, 0.1) is 30.9 Å². The van der Waals surface area contributed by atoms with Crippen molar-refractivity contribution < 1.29 is 48.3 Å². The lowest BCUT2D eigenvalue weighted by Crippen LogP contribution is -2.69. The molecule has 4 aromatic carbocycles. The summed E-state index contributed by atoms with van der Waals surface area (Å²) >= 11 is 0. The Morgan fingerprint density at radius 2 is 1.59 bits per heavy atom. The minimum atomic E-state index is -1.45. The first-order chi connectivity index (χ1) is 30.8. The molecule has 0 radical (unpaired) electrons. The molecule has 0 bridgehead atoms. The molecule has 0 aromatic heterocycles. The van der Waals surface area contributed by atoms with E-state index in [0.717, 1.165) is 54.2 Å². The molecule has 12 heteroatoms. The number of unbranched alkanes of at least 4 members (excludes halogenated alkanes) is 2. The minimum Gasteiger partial charge on any atom is -0.496 e. The highest BCUT2D eigenvalue weighted by atomic mass is 16.7. The van der Waals surface area contributed by atoms with Crippen LogP contribution < -0.4 is 14.2 Å². The van der Waals surface area contributed by atoms with Crippen LogP contribution >= 0.6 is 0 Å². The number of likely N-dealkylation sites (N-methyl/N-ethyl adjacent to an activating group) is 1. The smallest absolute Gasteiger partial charge is 0.410 e. The molecule has 3 aliphatic rings. The first kappa shape index (κ1) is 45.1. The standard InChI is InChI=1S/C51H58N2O10/c1-4-27-60-51-47(53(2)50(57)59-33-35-15-7-5-8-16-35)31-44(52-61-34-36-17-9-6-10-18-36)42-29-37(19-11-13-25-54)41(20-12-14-26-55)48(49(42)51)43-30-40(22-24-46(43)63-51)62-39-21-23-45(58-3)38(28-39)32-56/h4-10,15-18,21-24,28-30,32,37,41,47-49,54-55H,1,11-14,19-20,25-27,31,33-34H2,2-3H3/t37-,41+,47-,48+,49+,51+/m0/s1. The second-order valence-corrected chi connectivity index (χ2v) is 16.3. The lowest BCUT2D eigenvalue weighted by atomic mass is 9.55. The lowest BCUT2D eigenvalue weighted by Gasteiger charge is -2.59. The zero-order valence-corrected chi connectivity index (χ0v) is 36.1. The van der Waals surface area contributed by atoms with Gasteiger partial charge in [-0.15, -0.1) is 6.58 Å². The van der Waals surface area contributed by atoms with Crippen molar-refractivity contribution in [2.45, 2.75) is 75.9 Å². The fraction of sp³-hybridized carbons (Fsp3) is 0.392. The monoisotopic (exact) mass is 858 g/mol.